The Kier molecular flexibility index (Phi) is 8.44. The quantitative estimate of drug-likeness (QED) is 0.364. The Morgan fingerprint density at radius 3 is 2.28 bits per heavy atom. The summed E-state index contributed by atoms with van der Waals surface area (Å²) in [4.78, 5) is 34.2. The summed E-state index contributed by atoms with van der Waals surface area (Å²) >= 11 is 0.895. The molecule has 0 aliphatic carbocycles. The van der Waals surface area contributed by atoms with Crippen molar-refractivity contribution in [2.45, 2.75) is 26.3 Å². The van der Waals surface area contributed by atoms with Crippen LogP contribution in [-0.2, 0) is 4.79 Å². The first kappa shape index (κ1) is 25.0. The fourth-order valence-corrected chi connectivity index (χ4v) is 3.99. The van der Waals surface area contributed by atoms with Gasteiger partial charge in [-0.15, -0.1) is 11.3 Å². The van der Waals surface area contributed by atoms with Gasteiger partial charge in [-0.1, -0.05) is 26.0 Å². The summed E-state index contributed by atoms with van der Waals surface area (Å²) in [5.41, 5.74) is 10.2. The lowest BCUT2D eigenvalue weighted by molar-refractivity contribution is -0.139. The molecule has 2 aromatic rings. The van der Waals surface area contributed by atoms with Crippen LogP contribution < -0.4 is 22.1 Å². The number of carbonyl (C=O) groups excluding carboxylic acids is 2. The molecule has 0 bridgehead atoms. The van der Waals surface area contributed by atoms with Gasteiger partial charge in [-0.05, 0) is 36.1 Å². The first-order valence-corrected chi connectivity index (χ1v) is 10.4. The van der Waals surface area contributed by atoms with Crippen molar-refractivity contribution < 1.29 is 28.3 Å². The molecular weight excluding hydrogens is 442 g/mol. The first-order chi connectivity index (χ1) is 15.0. The van der Waals surface area contributed by atoms with Crippen LogP contribution in [0, 0.1) is 17.6 Å². The summed E-state index contributed by atoms with van der Waals surface area (Å²) in [6, 6.07) is 1.80. The van der Waals surface area contributed by atoms with Crippen LogP contribution in [0.4, 0.5) is 18.6 Å². The lowest BCUT2D eigenvalue weighted by Gasteiger charge is -2.15. The molecule has 172 valence electrons. The lowest BCUT2D eigenvalue weighted by Crippen LogP contribution is -2.37. The maximum Gasteiger partial charge on any atom is 0.320 e. The summed E-state index contributed by atoms with van der Waals surface area (Å²) in [6.45, 7) is 3.90. The minimum atomic E-state index is -0.995. The molecule has 0 saturated carbocycles. The van der Waals surface area contributed by atoms with E-state index in [2.05, 4.69) is 10.6 Å². The standard InChI is InChI=1S/C21H24F2N4O4S/c1-10(2)6-16(20(29)30)26-5-3-4-12-14(22)7-11(8-15(12)23)17-9-13(18(24)28)19(32-17)27-21(25)31/h3-4,7-10,16,26H,5-6H2,1-2H3,(H2,24,28)(H,29,30)(H3,25,27,31)/b4-3+/t16-/m0/s1. The van der Waals surface area contributed by atoms with Crippen LogP contribution >= 0.6 is 11.3 Å². The van der Waals surface area contributed by atoms with Crippen LogP contribution in [-0.4, -0.2) is 35.6 Å². The molecule has 0 aliphatic rings. The molecule has 1 heterocycles. The molecule has 2 rings (SSSR count). The third kappa shape index (κ3) is 6.59. The average molecular weight is 467 g/mol. The second kappa shape index (κ2) is 10.8. The molecule has 32 heavy (non-hydrogen) atoms. The average Bonchev–Trinajstić information content (AvgIpc) is 3.08. The van der Waals surface area contributed by atoms with E-state index in [9.17, 15) is 28.3 Å². The highest BCUT2D eigenvalue weighted by molar-refractivity contribution is 7.20. The normalized spacial score (nSPS) is 12.3. The number of carboxylic acids is 1. The topological polar surface area (TPSA) is 148 Å². The Labute approximate surface area is 187 Å². The third-order valence-electron chi connectivity index (χ3n) is 4.37. The van der Waals surface area contributed by atoms with Crippen LogP contribution in [0.2, 0.25) is 0 Å². The largest absolute Gasteiger partial charge is 0.480 e. The molecule has 7 N–H and O–H groups in total. The van der Waals surface area contributed by atoms with Crippen molar-refractivity contribution in [1.82, 2.24) is 5.32 Å². The molecule has 0 radical (unpaired) electrons. The van der Waals surface area contributed by atoms with Gasteiger partial charge in [0.15, 0.2) is 0 Å². The number of nitrogens with one attached hydrogen (secondary N) is 2. The highest BCUT2D eigenvalue weighted by atomic mass is 32.1. The number of anilines is 1. The minimum absolute atomic E-state index is 0.0333. The Balaban J connectivity index is 2.22. The van der Waals surface area contributed by atoms with Crippen molar-refractivity contribution in [3.05, 3.63) is 47.0 Å². The van der Waals surface area contributed by atoms with Crippen molar-refractivity contribution in [3.63, 3.8) is 0 Å². The number of rotatable bonds is 10. The summed E-state index contributed by atoms with van der Waals surface area (Å²) in [6.07, 6.45) is 3.07. The highest BCUT2D eigenvalue weighted by Gasteiger charge is 2.19. The molecule has 8 nitrogen and oxygen atoms in total. The van der Waals surface area contributed by atoms with Gasteiger partial charge in [0.2, 0.25) is 0 Å². The molecule has 0 aliphatic heterocycles. The molecule has 0 fully saturated rings. The molecule has 1 aromatic carbocycles. The number of carbonyl (C=O) groups is 3. The Bertz CT molecular complexity index is 1030. The Hall–Kier alpha value is -3.31. The molecule has 0 unspecified atom stereocenters. The van der Waals surface area contributed by atoms with Crippen molar-refractivity contribution >= 4 is 40.3 Å². The predicted octanol–water partition coefficient (Wildman–Crippen LogP) is 3.38. The van der Waals surface area contributed by atoms with E-state index in [0.29, 0.717) is 11.3 Å². The molecular formula is C21H24F2N4O4S. The molecule has 1 atom stereocenters. The predicted molar refractivity (Wildman–Crippen MR) is 119 cm³/mol. The lowest BCUT2D eigenvalue weighted by atomic mass is 10.0. The number of aliphatic carboxylic acids is 1. The molecule has 0 saturated heterocycles. The number of primary amides is 2. The molecule has 11 heteroatoms. The summed E-state index contributed by atoms with van der Waals surface area (Å²) < 4.78 is 29.2. The van der Waals surface area contributed by atoms with Crippen LogP contribution in [0.15, 0.2) is 24.3 Å². The second-order valence-corrected chi connectivity index (χ2v) is 8.44. The summed E-state index contributed by atoms with van der Waals surface area (Å²) in [5, 5.41) is 14.4. The van der Waals surface area contributed by atoms with E-state index in [1.165, 1.54) is 18.2 Å². The number of carboxylic acid groups (broad SMARTS) is 1. The minimum Gasteiger partial charge on any atom is -0.480 e. The summed E-state index contributed by atoms with van der Waals surface area (Å²) in [7, 11) is 0. The fourth-order valence-electron chi connectivity index (χ4n) is 2.94. The monoisotopic (exact) mass is 466 g/mol. The van der Waals surface area contributed by atoms with Crippen molar-refractivity contribution in [2.24, 2.45) is 17.4 Å². The number of thiophene rings is 1. The third-order valence-corrected chi connectivity index (χ3v) is 5.47. The molecule has 3 amide bonds. The molecule has 1 aromatic heterocycles. The number of urea groups is 1. The highest BCUT2D eigenvalue weighted by Crippen LogP contribution is 2.36. The van der Waals surface area contributed by atoms with Gasteiger partial charge in [0.05, 0.1) is 5.56 Å². The van der Waals surface area contributed by atoms with Gasteiger partial charge in [0, 0.05) is 17.0 Å². The van der Waals surface area contributed by atoms with Gasteiger partial charge in [0.25, 0.3) is 5.91 Å². The van der Waals surface area contributed by atoms with Crippen LogP contribution in [0.25, 0.3) is 16.5 Å². The van der Waals surface area contributed by atoms with Crippen molar-refractivity contribution in [2.75, 3.05) is 11.9 Å². The SMILES string of the molecule is CC(C)C[C@H](NC/C=C/c1c(F)cc(-c2cc(C(N)=O)c(NC(N)=O)s2)cc1F)C(=O)O. The number of amides is 3. The Morgan fingerprint density at radius 2 is 1.78 bits per heavy atom. The van der Waals surface area contributed by atoms with E-state index in [-0.39, 0.29) is 34.2 Å². The van der Waals surface area contributed by atoms with E-state index in [1.54, 1.807) is 0 Å². The van der Waals surface area contributed by atoms with Gasteiger partial charge < -0.3 is 21.9 Å². The number of nitrogens with two attached hydrogens (primary N) is 2. The van der Waals surface area contributed by atoms with Gasteiger partial charge in [-0.25, -0.2) is 13.6 Å². The van der Waals surface area contributed by atoms with E-state index < -0.39 is 35.6 Å². The van der Waals surface area contributed by atoms with E-state index in [0.717, 1.165) is 23.5 Å². The van der Waals surface area contributed by atoms with Crippen LogP contribution in [0.1, 0.15) is 36.2 Å². The maximum atomic E-state index is 14.6. The zero-order valence-electron chi connectivity index (χ0n) is 17.4. The first-order valence-electron chi connectivity index (χ1n) is 9.61. The second-order valence-electron chi connectivity index (χ2n) is 7.39. The maximum absolute atomic E-state index is 14.6. The number of benzene rings is 1. The van der Waals surface area contributed by atoms with Crippen LogP contribution in [0.3, 0.4) is 0 Å². The van der Waals surface area contributed by atoms with Gasteiger partial charge in [-0.2, -0.15) is 0 Å². The molecule has 0 spiro atoms. The van der Waals surface area contributed by atoms with Gasteiger partial charge in [-0.3, -0.25) is 14.9 Å². The number of hydrogen-bond acceptors (Lipinski definition) is 5. The Morgan fingerprint density at radius 1 is 1.16 bits per heavy atom. The van der Waals surface area contributed by atoms with E-state index in [4.69, 9.17) is 11.5 Å². The van der Waals surface area contributed by atoms with E-state index >= 15 is 0 Å². The zero-order chi connectivity index (χ0) is 24.0. The van der Waals surface area contributed by atoms with Crippen molar-refractivity contribution in [3.8, 4) is 10.4 Å². The number of halogens is 2. The van der Waals surface area contributed by atoms with Crippen LogP contribution in [0.5, 0.6) is 0 Å². The van der Waals surface area contributed by atoms with E-state index in [1.807, 2.05) is 13.8 Å². The van der Waals surface area contributed by atoms with Gasteiger partial charge >= 0.3 is 12.0 Å². The van der Waals surface area contributed by atoms with Gasteiger partial charge in [0.1, 0.15) is 22.7 Å². The number of hydrogen-bond donors (Lipinski definition) is 5. The zero-order valence-corrected chi connectivity index (χ0v) is 18.3. The fraction of sp³-hybridized carbons (Fsp3) is 0.286. The smallest absolute Gasteiger partial charge is 0.320 e. The van der Waals surface area contributed by atoms with Crippen molar-refractivity contribution in [1.29, 1.82) is 0 Å². The summed E-state index contributed by atoms with van der Waals surface area (Å²) in [5.74, 6) is -3.37.